The summed E-state index contributed by atoms with van der Waals surface area (Å²) in [5.41, 5.74) is 1.35. The van der Waals surface area contributed by atoms with E-state index >= 15 is 0 Å². The summed E-state index contributed by atoms with van der Waals surface area (Å²) in [5.74, 6) is -1.08. The molecule has 2 amide bonds. The van der Waals surface area contributed by atoms with Crippen LogP contribution >= 0.6 is 0 Å². The fourth-order valence-electron chi connectivity index (χ4n) is 3.16. The van der Waals surface area contributed by atoms with Gasteiger partial charge in [-0.25, -0.2) is 4.39 Å². The molecular formula is C22H23FN2O4. The minimum atomic E-state index is -0.416. The lowest BCUT2D eigenvalue weighted by Crippen LogP contribution is -2.47. The minimum absolute atomic E-state index is 0.00508. The van der Waals surface area contributed by atoms with Gasteiger partial charge in [0.15, 0.2) is 5.78 Å². The van der Waals surface area contributed by atoms with E-state index in [9.17, 15) is 18.8 Å². The van der Waals surface area contributed by atoms with E-state index in [4.69, 9.17) is 4.74 Å². The average molecular weight is 398 g/mol. The van der Waals surface area contributed by atoms with Crippen LogP contribution in [0.15, 0.2) is 48.5 Å². The van der Waals surface area contributed by atoms with Crippen LogP contribution in [0.5, 0.6) is 0 Å². The number of Topliss-reactive ketones (excluding diaryl/α,β-unsaturated/α-hetero) is 1. The summed E-state index contributed by atoms with van der Waals surface area (Å²) >= 11 is 0. The van der Waals surface area contributed by atoms with Crippen LogP contribution in [0.3, 0.4) is 0 Å². The third-order valence-electron chi connectivity index (χ3n) is 4.77. The predicted molar refractivity (Wildman–Crippen MR) is 106 cm³/mol. The summed E-state index contributed by atoms with van der Waals surface area (Å²) in [6, 6.07) is 12.0. The molecule has 0 radical (unpaired) electrons. The van der Waals surface area contributed by atoms with Crippen LogP contribution in [-0.2, 0) is 9.53 Å². The van der Waals surface area contributed by atoms with Crippen LogP contribution in [0.2, 0.25) is 0 Å². The second kappa shape index (κ2) is 9.43. The largest absolute Gasteiger partial charge is 0.377 e. The van der Waals surface area contributed by atoms with E-state index in [1.165, 1.54) is 24.3 Å². The number of nitrogens with one attached hydrogen (secondary N) is 1. The number of carbonyl (C=O) groups excluding carboxylic acids is 3. The topological polar surface area (TPSA) is 75.7 Å². The molecule has 2 aromatic rings. The number of nitrogens with zero attached hydrogens (tertiary/aromatic N) is 1. The van der Waals surface area contributed by atoms with Gasteiger partial charge in [0.05, 0.1) is 19.3 Å². The zero-order chi connectivity index (χ0) is 20.8. The van der Waals surface area contributed by atoms with Crippen molar-refractivity contribution >= 4 is 23.3 Å². The van der Waals surface area contributed by atoms with Gasteiger partial charge in [0, 0.05) is 36.2 Å². The summed E-state index contributed by atoms with van der Waals surface area (Å²) in [4.78, 5) is 38.8. The lowest BCUT2D eigenvalue weighted by Gasteiger charge is -2.33. The van der Waals surface area contributed by atoms with Crippen LogP contribution in [0.1, 0.15) is 40.5 Å². The Labute approximate surface area is 168 Å². The monoisotopic (exact) mass is 398 g/mol. The molecule has 0 saturated carbocycles. The molecule has 1 fully saturated rings. The van der Waals surface area contributed by atoms with Crippen molar-refractivity contribution in [3.8, 4) is 0 Å². The van der Waals surface area contributed by atoms with Gasteiger partial charge in [-0.3, -0.25) is 14.4 Å². The predicted octanol–water partition coefficient (Wildman–Crippen LogP) is 3.29. The standard InChI is InChI=1S/C22H23FN2O4/c1-15-14-29-12-11-25(15)22(28)17-3-2-4-19(13-17)24-21(27)10-9-20(26)16-5-7-18(23)8-6-16/h2-8,13,15H,9-12,14H2,1H3,(H,24,27). The van der Waals surface area contributed by atoms with Crippen molar-refractivity contribution in [1.29, 1.82) is 0 Å². The van der Waals surface area contributed by atoms with E-state index in [0.717, 1.165) is 0 Å². The molecule has 1 atom stereocenters. The van der Waals surface area contributed by atoms with Crippen LogP contribution in [0, 0.1) is 5.82 Å². The van der Waals surface area contributed by atoms with Crippen molar-refractivity contribution in [1.82, 2.24) is 4.90 Å². The summed E-state index contributed by atoms with van der Waals surface area (Å²) in [6.45, 7) is 3.47. The maximum Gasteiger partial charge on any atom is 0.254 e. The van der Waals surface area contributed by atoms with Gasteiger partial charge < -0.3 is 15.0 Å². The molecule has 152 valence electrons. The molecule has 1 aliphatic heterocycles. The highest BCUT2D eigenvalue weighted by molar-refractivity contribution is 6.01. The van der Waals surface area contributed by atoms with Gasteiger partial charge in [-0.15, -0.1) is 0 Å². The quantitative estimate of drug-likeness (QED) is 0.758. The molecule has 1 saturated heterocycles. The number of morpholine rings is 1. The van der Waals surface area contributed by atoms with Gasteiger partial charge in [-0.05, 0) is 49.4 Å². The van der Waals surface area contributed by atoms with Crippen molar-refractivity contribution in [2.24, 2.45) is 0 Å². The van der Waals surface area contributed by atoms with Crippen molar-refractivity contribution in [3.05, 3.63) is 65.5 Å². The van der Waals surface area contributed by atoms with E-state index in [-0.39, 0.29) is 36.5 Å². The number of anilines is 1. The van der Waals surface area contributed by atoms with E-state index in [1.54, 1.807) is 29.2 Å². The van der Waals surface area contributed by atoms with Gasteiger partial charge >= 0.3 is 0 Å². The Hall–Kier alpha value is -3.06. The zero-order valence-corrected chi connectivity index (χ0v) is 16.2. The number of halogens is 1. The molecule has 2 aromatic carbocycles. The number of carbonyl (C=O) groups is 3. The second-order valence-corrected chi connectivity index (χ2v) is 6.98. The maximum atomic E-state index is 12.9. The molecule has 1 unspecified atom stereocenters. The third kappa shape index (κ3) is 5.48. The fraction of sp³-hybridized carbons (Fsp3) is 0.318. The van der Waals surface area contributed by atoms with E-state index in [2.05, 4.69) is 5.32 Å². The number of ketones is 1. The minimum Gasteiger partial charge on any atom is -0.377 e. The first-order chi connectivity index (χ1) is 13.9. The Morgan fingerprint density at radius 2 is 1.86 bits per heavy atom. The van der Waals surface area contributed by atoms with Gasteiger partial charge in [-0.2, -0.15) is 0 Å². The molecule has 1 aliphatic rings. The SMILES string of the molecule is CC1COCCN1C(=O)c1cccc(NC(=O)CCC(=O)c2ccc(F)cc2)c1. The Morgan fingerprint density at radius 3 is 2.59 bits per heavy atom. The Balaban J connectivity index is 1.56. The van der Waals surface area contributed by atoms with Crippen LogP contribution < -0.4 is 5.32 Å². The molecule has 29 heavy (non-hydrogen) atoms. The molecule has 0 aromatic heterocycles. The molecule has 0 bridgehead atoms. The van der Waals surface area contributed by atoms with Crippen molar-refractivity contribution < 1.29 is 23.5 Å². The van der Waals surface area contributed by atoms with Crippen molar-refractivity contribution in [2.75, 3.05) is 25.1 Å². The Bertz CT molecular complexity index is 898. The number of amides is 2. The second-order valence-electron chi connectivity index (χ2n) is 6.98. The van der Waals surface area contributed by atoms with Gasteiger partial charge in [0.1, 0.15) is 5.82 Å². The first-order valence-corrected chi connectivity index (χ1v) is 9.51. The third-order valence-corrected chi connectivity index (χ3v) is 4.77. The van der Waals surface area contributed by atoms with Gasteiger partial charge in [0.25, 0.3) is 5.91 Å². The van der Waals surface area contributed by atoms with Crippen LogP contribution in [0.25, 0.3) is 0 Å². The molecular weight excluding hydrogens is 375 g/mol. The average Bonchev–Trinajstić information content (AvgIpc) is 2.72. The summed E-state index contributed by atoms with van der Waals surface area (Å²) in [6.07, 6.45) is 0.0102. The highest BCUT2D eigenvalue weighted by Crippen LogP contribution is 2.17. The van der Waals surface area contributed by atoms with Crippen LogP contribution in [0.4, 0.5) is 10.1 Å². The molecule has 1 heterocycles. The molecule has 0 aliphatic carbocycles. The smallest absolute Gasteiger partial charge is 0.254 e. The number of hydrogen-bond donors (Lipinski definition) is 1. The lowest BCUT2D eigenvalue weighted by molar-refractivity contribution is -0.116. The first-order valence-electron chi connectivity index (χ1n) is 9.51. The van der Waals surface area contributed by atoms with E-state index in [0.29, 0.717) is 36.6 Å². The fourth-order valence-corrected chi connectivity index (χ4v) is 3.16. The summed E-state index contributed by atoms with van der Waals surface area (Å²) < 4.78 is 18.3. The molecule has 7 heteroatoms. The first kappa shape index (κ1) is 20.7. The highest BCUT2D eigenvalue weighted by Gasteiger charge is 2.24. The summed E-state index contributed by atoms with van der Waals surface area (Å²) in [5, 5.41) is 2.72. The highest BCUT2D eigenvalue weighted by atomic mass is 19.1. The van der Waals surface area contributed by atoms with Crippen molar-refractivity contribution in [3.63, 3.8) is 0 Å². The normalized spacial score (nSPS) is 16.3. The number of ether oxygens (including phenoxy) is 1. The lowest BCUT2D eigenvalue weighted by atomic mass is 10.1. The molecule has 0 spiro atoms. The zero-order valence-electron chi connectivity index (χ0n) is 16.2. The number of hydrogen-bond acceptors (Lipinski definition) is 4. The van der Waals surface area contributed by atoms with Gasteiger partial charge in [-0.1, -0.05) is 6.07 Å². The van der Waals surface area contributed by atoms with E-state index in [1.807, 2.05) is 6.92 Å². The molecule has 6 nitrogen and oxygen atoms in total. The molecule has 1 N–H and O–H groups in total. The number of benzene rings is 2. The van der Waals surface area contributed by atoms with Crippen LogP contribution in [-0.4, -0.2) is 48.3 Å². The van der Waals surface area contributed by atoms with E-state index < -0.39 is 5.82 Å². The Morgan fingerprint density at radius 1 is 1.10 bits per heavy atom. The molecule has 3 rings (SSSR count). The summed E-state index contributed by atoms with van der Waals surface area (Å²) in [7, 11) is 0. The number of rotatable bonds is 6. The maximum absolute atomic E-state index is 12.9. The Kier molecular flexibility index (Phi) is 6.72. The van der Waals surface area contributed by atoms with Crippen molar-refractivity contribution in [2.45, 2.75) is 25.8 Å². The van der Waals surface area contributed by atoms with Gasteiger partial charge in [0.2, 0.25) is 5.91 Å².